The number of hydrogen-bond acceptors (Lipinski definition) is 7. The summed E-state index contributed by atoms with van der Waals surface area (Å²) < 4.78 is 5.65. The molecule has 0 bridgehead atoms. The van der Waals surface area contributed by atoms with Gasteiger partial charge >= 0.3 is 11.9 Å². The number of nitriles is 1. The Hall–Kier alpha value is -3.80. The Kier molecular flexibility index (Phi) is 7.08. The lowest BCUT2D eigenvalue weighted by molar-refractivity contribution is -0.384. The summed E-state index contributed by atoms with van der Waals surface area (Å²) in [7, 11) is 0. The number of aromatic carboxylic acids is 1. The highest BCUT2D eigenvalue weighted by atomic mass is 16.6. The third-order valence-electron chi connectivity index (χ3n) is 4.76. The largest absolute Gasteiger partial charge is 0.478 e. The average Bonchev–Trinajstić information content (AvgIpc) is 2.66. The van der Waals surface area contributed by atoms with Gasteiger partial charge in [-0.2, -0.15) is 5.26 Å². The molecule has 1 aromatic carbocycles. The Labute approximate surface area is 179 Å². The van der Waals surface area contributed by atoms with Gasteiger partial charge in [-0.1, -0.05) is 12.1 Å². The minimum absolute atomic E-state index is 0.0269. The predicted molar refractivity (Wildman–Crippen MR) is 112 cm³/mol. The molecule has 0 unspecified atom stereocenters. The van der Waals surface area contributed by atoms with Crippen LogP contribution in [0.1, 0.15) is 65.2 Å². The van der Waals surface area contributed by atoms with Crippen molar-refractivity contribution in [1.29, 1.82) is 5.26 Å². The number of carboxylic acids is 1. The van der Waals surface area contributed by atoms with Crippen molar-refractivity contribution in [3.63, 3.8) is 0 Å². The number of benzene rings is 1. The van der Waals surface area contributed by atoms with Gasteiger partial charge in [0.25, 0.3) is 5.69 Å². The standard InChI is InChI=1S/C22H23N3O6/c1-13-17(20(26)27)19(15-8-7-9-16(12-15)25(29)30)18(14(2)24-13)21(28)31-22(3,4)10-5-6-11-23/h7-9,12H,5-6,10H2,1-4H3,(H,26,27). The minimum Gasteiger partial charge on any atom is -0.478 e. The van der Waals surface area contributed by atoms with Crippen LogP contribution in [0.15, 0.2) is 24.3 Å². The van der Waals surface area contributed by atoms with E-state index in [1.165, 1.54) is 31.2 Å². The molecule has 162 valence electrons. The molecule has 1 heterocycles. The van der Waals surface area contributed by atoms with Crippen LogP contribution in [-0.4, -0.2) is 32.6 Å². The molecule has 0 aliphatic rings. The number of nitro benzene ring substituents is 1. The summed E-state index contributed by atoms with van der Waals surface area (Å²) in [6.07, 6.45) is 1.27. The monoisotopic (exact) mass is 425 g/mol. The molecule has 0 spiro atoms. The zero-order chi connectivity index (χ0) is 23.3. The van der Waals surface area contributed by atoms with E-state index in [9.17, 15) is 24.8 Å². The van der Waals surface area contributed by atoms with Crippen LogP contribution in [-0.2, 0) is 4.74 Å². The van der Waals surface area contributed by atoms with Gasteiger partial charge in [0.1, 0.15) is 5.60 Å². The second-order valence-electron chi connectivity index (χ2n) is 7.68. The number of carbonyl (C=O) groups excluding carboxylic acids is 1. The highest BCUT2D eigenvalue weighted by Crippen LogP contribution is 2.34. The van der Waals surface area contributed by atoms with Crippen molar-refractivity contribution in [2.24, 2.45) is 0 Å². The van der Waals surface area contributed by atoms with Crippen LogP contribution >= 0.6 is 0 Å². The van der Waals surface area contributed by atoms with Crippen LogP contribution in [0, 0.1) is 35.3 Å². The lowest BCUT2D eigenvalue weighted by atomic mass is 9.92. The number of unbranched alkanes of at least 4 members (excludes halogenated alkanes) is 1. The van der Waals surface area contributed by atoms with Gasteiger partial charge in [-0.05, 0) is 46.1 Å². The fourth-order valence-corrected chi connectivity index (χ4v) is 3.37. The number of nitro groups is 1. The van der Waals surface area contributed by atoms with Crippen molar-refractivity contribution in [3.8, 4) is 17.2 Å². The molecule has 0 aliphatic heterocycles. The molecule has 0 radical (unpaired) electrons. The van der Waals surface area contributed by atoms with Gasteiger partial charge in [-0.3, -0.25) is 15.1 Å². The molecule has 9 nitrogen and oxygen atoms in total. The summed E-state index contributed by atoms with van der Waals surface area (Å²) in [5, 5.41) is 29.8. The fourth-order valence-electron chi connectivity index (χ4n) is 3.37. The Bertz CT molecular complexity index is 1090. The van der Waals surface area contributed by atoms with E-state index in [1.54, 1.807) is 20.8 Å². The zero-order valence-electron chi connectivity index (χ0n) is 17.8. The van der Waals surface area contributed by atoms with E-state index in [2.05, 4.69) is 4.98 Å². The summed E-state index contributed by atoms with van der Waals surface area (Å²) in [5.41, 5.74) is -0.768. The number of carbonyl (C=O) groups is 2. The van der Waals surface area contributed by atoms with Crippen LogP contribution < -0.4 is 0 Å². The number of nitrogens with zero attached hydrogens (tertiary/aromatic N) is 3. The topological polar surface area (TPSA) is 143 Å². The zero-order valence-corrected chi connectivity index (χ0v) is 17.8. The van der Waals surface area contributed by atoms with Gasteiger partial charge in [0.05, 0.1) is 33.5 Å². The first-order valence-electron chi connectivity index (χ1n) is 9.58. The SMILES string of the molecule is Cc1nc(C)c(C(=O)OC(C)(C)CCCC#N)c(-c2cccc([N+](=O)[O-])c2)c1C(=O)O. The van der Waals surface area contributed by atoms with Crippen LogP contribution in [0.5, 0.6) is 0 Å². The van der Waals surface area contributed by atoms with E-state index < -0.39 is 22.5 Å². The molecule has 0 saturated carbocycles. The Morgan fingerprint density at radius 1 is 1.26 bits per heavy atom. The number of rotatable bonds is 8. The molecule has 1 aromatic heterocycles. The van der Waals surface area contributed by atoms with E-state index in [4.69, 9.17) is 10.00 Å². The maximum Gasteiger partial charge on any atom is 0.341 e. The van der Waals surface area contributed by atoms with Gasteiger partial charge < -0.3 is 9.84 Å². The molecule has 31 heavy (non-hydrogen) atoms. The summed E-state index contributed by atoms with van der Waals surface area (Å²) in [4.78, 5) is 40.0. The number of aromatic nitrogens is 1. The number of hydrogen-bond donors (Lipinski definition) is 1. The minimum atomic E-state index is -1.31. The van der Waals surface area contributed by atoms with Crippen molar-refractivity contribution in [1.82, 2.24) is 4.98 Å². The molecule has 0 atom stereocenters. The van der Waals surface area contributed by atoms with Gasteiger partial charge in [0.15, 0.2) is 0 Å². The lowest BCUT2D eigenvalue weighted by Gasteiger charge is -2.26. The van der Waals surface area contributed by atoms with Crippen molar-refractivity contribution >= 4 is 17.6 Å². The Morgan fingerprint density at radius 3 is 2.48 bits per heavy atom. The Morgan fingerprint density at radius 2 is 1.90 bits per heavy atom. The lowest BCUT2D eigenvalue weighted by Crippen LogP contribution is -2.29. The van der Waals surface area contributed by atoms with Crippen LogP contribution in [0.3, 0.4) is 0 Å². The van der Waals surface area contributed by atoms with Crippen LogP contribution in [0.25, 0.3) is 11.1 Å². The van der Waals surface area contributed by atoms with Crippen LogP contribution in [0.4, 0.5) is 5.69 Å². The molecule has 2 aromatic rings. The van der Waals surface area contributed by atoms with Gasteiger partial charge in [0.2, 0.25) is 0 Å². The van der Waals surface area contributed by atoms with Crippen molar-refractivity contribution in [2.75, 3.05) is 0 Å². The molecule has 0 amide bonds. The summed E-state index contributed by atoms with van der Waals surface area (Å²) in [5.74, 6) is -2.09. The van der Waals surface area contributed by atoms with Gasteiger partial charge in [-0.25, -0.2) is 9.59 Å². The van der Waals surface area contributed by atoms with Crippen molar-refractivity contribution in [3.05, 3.63) is 56.9 Å². The first kappa shape index (κ1) is 23.5. The maximum atomic E-state index is 13.2. The van der Waals surface area contributed by atoms with Gasteiger partial charge in [0, 0.05) is 24.1 Å². The highest BCUT2D eigenvalue weighted by Gasteiger charge is 2.31. The Balaban J connectivity index is 2.68. The molecule has 0 fully saturated rings. The third kappa shape index (κ3) is 5.42. The number of esters is 1. The number of carboxylic acid groups (broad SMARTS) is 1. The number of non-ortho nitro benzene ring substituents is 1. The normalized spacial score (nSPS) is 10.9. The van der Waals surface area contributed by atoms with E-state index in [0.717, 1.165) is 0 Å². The molecule has 0 aliphatic carbocycles. The predicted octanol–water partition coefficient (Wildman–Crippen LogP) is 4.60. The first-order valence-corrected chi connectivity index (χ1v) is 9.58. The van der Waals surface area contributed by atoms with Crippen LogP contribution in [0.2, 0.25) is 0 Å². The second-order valence-corrected chi connectivity index (χ2v) is 7.68. The molecular formula is C22H23N3O6. The fraction of sp³-hybridized carbons (Fsp3) is 0.364. The average molecular weight is 425 g/mol. The number of pyridine rings is 1. The summed E-state index contributed by atoms with van der Waals surface area (Å²) in [6.45, 7) is 6.45. The molecule has 2 rings (SSSR count). The highest BCUT2D eigenvalue weighted by molar-refractivity contribution is 6.06. The second kappa shape index (κ2) is 9.34. The van der Waals surface area contributed by atoms with E-state index in [0.29, 0.717) is 19.3 Å². The van der Waals surface area contributed by atoms with Gasteiger partial charge in [-0.15, -0.1) is 0 Å². The van der Waals surface area contributed by atoms with E-state index in [-0.39, 0.29) is 39.3 Å². The first-order chi connectivity index (χ1) is 14.5. The quantitative estimate of drug-likeness (QED) is 0.280. The smallest absolute Gasteiger partial charge is 0.341 e. The molecular weight excluding hydrogens is 402 g/mol. The maximum absolute atomic E-state index is 13.2. The summed E-state index contributed by atoms with van der Waals surface area (Å²) >= 11 is 0. The molecule has 1 N–H and O–H groups in total. The molecule has 9 heteroatoms. The number of aryl methyl sites for hydroxylation is 2. The van der Waals surface area contributed by atoms with E-state index >= 15 is 0 Å². The van der Waals surface area contributed by atoms with Crippen molar-refractivity contribution < 1.29 is 24.4 Å². The number of ether oxygens (including phenoxy) is 1. The third-order valence-corrected chi connectivity index (χ3v) is 4.76. The summed E-state index contributed by atoms with van der Waals surface area (Å²) in [6, 6.07) is 7.46. The van der Waals surface area contributed by atoms with Crippen molar-refractivity contribution in [2.45, 2.75) is 52.6 Å². The molecule has 0 saturated heterocycles. The van der Waals surface area contributed by atoms with E-state index in [1.807, 2.05) is 6.07 Å².